The fourth-order valence-corrected chi connectivity index (χ4v) is 1.30. The van der Waals surface area contributed by atoms with E-state index in [-0.39, 0.29) is 17.6 Å². The lowest BCUT2D eigenvalue weighted by molar-refractivity contribution is -0.0636. The molecule has 0 heterocycles. The van der Waals surface area contributed by atoms with Gasteiger partial charge in [-0.1, -0.05) is 27.7 Å². The molecule has 0 aliphatic carbocycles. The zero-order chi connectivity index (χ0) is 17.6. The first-order chi connectivity index (χ1) is 10.1. The lowest BCUT2D eigenvalue weighted by Crippen LogP contribution is -2.35. The number of aliphatic hydroxyl groups excluding tert-OH is 1. The summed E-state index contributed by atoms with van der Waals surface area (Å²) >= 11 is 0. The number of aliphatic hydroxyl groups is 1. The van der Waals surface area contributed by atoms with E-state index in [1.165, 1.54) is 0 Å². The smallest absolute Gasteiger partial charge is 0.0648 e. The minimum atomic E-state index is -0.249. The Kier molecular flexibility index (Phi) is 14.5. The zero-order valence-corrected chi connectivity index (χ0v) is 15.7. The molecular weight excluding hydrogens is 280 g/mol. The molecule has 0 fully saturated rings. The molecule has 5 N–H and O–H groups in total. The van der Waals surface area contributed by atoms with Crippen molar-refractivity contribution in [3.63, 3.8) is 0 Å². The maximum Gasteiger partial charge on any atom is 0.0648 e. The number of nitrogens with two attached hydrogens (primary N) is 2. The Hall–Kier alpha value is -0.200. The maximum atomic E-state index is 8.78. The molecule has 0 radical (unpaired) electrons. The highest BCUT2D eigenvalue weighted by atomic mass is 16.5. The van der Waals surface area contributed by atoms with E-state index in [0.717, 1.165) is 18.9 Å². The zero-order valence-electron chi connectivity index (χ0n) is 15.7. The quantitative estimate of drug-likeness (QED) is 0.507. The van der Waals surface area contributed by atoms with Crippen LogP contribution in [-0.2, 0) is 9.47 Å². The van der Waals surface area contributed by atoms with E-state index in [0.29, 0.717) is 32.7 Å². The number of rotatable bonds is 11. The number of hydrogen-bond acceptors (Lipinski definition) is 5. The molecule has 0 aromatic carbocycles. The van der Waals surface area contributed by atoms with Crippen LogP contribution in [-0.4, -0.2) is 50.2 Å². The van der Waals surface area contributed by atoms with E-state index in [9.17, 15) is 0 Å². The Bertz CT molecular complexity index is 244. The van der Waals surface area contributed by atoms with Gasteiger partial charge >= 0.3 is 0 Å². The van der Waals surface area contributed by atoms with E-state index in [4.69, 9.17) is 26.0 Å². The molecule has 0 aliphatic rings. The molecule has 22 heavy (non-hydrogen) atoms. The van der Waals surface area contributed by atoms with Crippen molar-refractivity contribution in [2.24, 2.45) is 22.8 Å². The predicted octanol–water partition coefficient (Wildman–Crippen LogP) is 2.16. The number of hydrogen-bond donors (Lipinski definition) is 3. The standard InChI is InChI=1S/C10H23NO2.C7H17NO/c1-9(2,7-11)8-13-10(3,4)5-6-12;1-7(2)3-5-9-6-4-8/h12H,5-8,11H2,1-4H3;7H,3-6,8H2,1-2H3. The van der Waals surface area contributed by atoms with Gasteiger partial charge in [-0.05, 0) is 39.2 Å². The minimum Gasteiger partial charge on any atom is -0.396 e. The molecule has 0 atom stereocenters. The highest BCUT2D eigenvalue weighted by molar-refractivity contribution is 4.73. The summed E-state index contributed by atoms with van der Waals surface area (Å²) in [5, 5.41) is 8.78. The van der Waals surface area contributed by atoms with Gasteiger partial charge in [-0.3, -0.25) is 0 Å². The van der Waals surface area contributed by atoms with Crippen LogP contribution < -0.4 is 11.5 Å². The average Bonchev–Trinajstić information content (AvgIpc) is 2.42. The van der Waals surface area contributed by atoms with Crippen LogP contribution in [0.25, 0.3) is 0 Å². The second kappa shape index (κ2) is 13.3. The van der Waals surface area contributed by atoms with E-state index >= 15 is 0 Å². The summed E-state index contributed by atoms with van der Waals surface area (Å²) in [7, 11) is 0. The second-order valence-electron chi connectivity index (χ2n) is 7.47. The molecule has 0 bridgehead atoms. The van der Waals surface area contributed by atoms with Crippen molar-refractivity contribution in [1.82, 2.24) is 0 Å². The van der Waals surface area contributed by atoms with Crippen molar-refractivity contribution < 1.29 is 14.6 Å². The van der Waals surface area contributed by atoms with Crippen LogP contribution in [0, 0.1) is 11.3 Å². The van der Waals surface area contributed by atoms with Crippen molar-refractivity contribution in [2.45, 2.75) is 60.0 Å². The largest absolute Gasteiger partial charge is 0.396 e. The SMILES string of the molecule is CC(C)(CN)COC(C)(C)CCO.CC(C)CCOCCN. The summed E-state index contributed by atoms with van der Waals surface area (Å²) in [4.78, 5) is 0. The monoisotopic (exact) mass is 320 g/mol. The highest BCUT2D eigenvalue weighted by Crippen LogP contribution is 2.20. The Morgan fingerprint density at radius 1 is 1.05 bits per heavy atom. The molecule has 0 amide bonds. The Balaban J connectivity index is 0. The van der Waals surface area contributed by atoms with Crippen LogP contribution in [0.1, 0.15) is 54.4 Å². The predicted molar refractivity (Wildman–Crippen MR) is 93.9 cm³/mol. The minimum absolute atomic E-state index is 0.0206. The van der Waals surface area contributed by atoms with Gasteiger partial charge < -0.3 is 26.0 Å². The first kappa shape index (κ1) is 24.1. The van der Waals surface area contributed by atoms with Gasteiger partial charge in [-0.25, -0.2) is 0 Å². The summed E-state index contributed by atoms with van der Waals surface area (Å²) in [6, 6.07) is 0. The summed E-state index contributed by atoms with van der Waals surface area (Å²) in [5.74, 6) is 0.739. The molecule has 0 unspecified atom stereocenters. The van der Waals surface area contributed by atoms with Crippen molar-refractivity contribution >= 4 is 0 Å². The van der Waals surface area contributed by atoms with Gasteiger partial charge in [0, 0.05) is 25.2 Å². The molecule has 0 rings (SSSR count). The van der Waals surface area contributed by atoms with Crippen LogP contribution in [0.2, 0.25) is 0 Å². The molecule has 0 spiro atoms. The summed E-state index contributed by atoms with van der Waals surface area (Å²) in [5.41, 5.74) is 10.6. The van der Waals surface area contributed by atoms with E-state index < -0.39 is 0 Å². The molecule has 5 heteroatoms. The average molecular weight is 321 g/mol. The topological polar surface area (TPSA) is 90.7 Å². The molecule has 0 aliphatic heterocycles. The molecule has 0 saturated carbocycles. The highest BCUT2D eigenvalue weighted by Gasteiger charge is 2.23. The first-order valence-electron chi connectivity index (χ1n) is 8.33. The van der Waals surface area contributed by atoms with Gasteiger partial charge in [0.05, 0.1) is 18.8 Å². The van der Waals surface area contributed by atoms with Crippen molar-refractivity contribution in [2.75, 3.05) is 39.5 Å². The molecular formula is C17H40N2O3. The normalized spacial score (nSPS) is 12.3. The molecule has 5 nitrogen and oxygen atoms in total. The van der Waals surface area contributed by atoms with Crippen LogP contribution in [0.4, 0.5) is 0 Å². The van der Waals surface area contributed by atoms with E-state index in [2.05, 4.69) is 27.7 Å². The summed E-state index contributed by atoms with van der Waals surface area (Å²) in [6.45, 7) is 16.1. The summed E-state index contributed by atoms with van der Waals surface area (Å²) in [6.07, 6.45) is 1.80. The Morgan fingerprint density at radius 3 is 2.05 bits per heavy atom. The van der Waals surface area contributed by atoms with Crippen LogP contribution in [0.15, 0.2) is 0 Å². The molecule has 0 aromatic heterocycles. The maximum absolute atomic E-state index is 8.78. The van der Waals surface area contributed by atoms with Crippen LogP contribution >= 0.6 is 0 Å². The van der Waals surface area contributed by atoms with Gasteiger partial charge in [-0.15, -0.1) is 0 Å². The third-order valence-electron chi connectivity index (χ3n) is 3.22. The fourth-order valence-electron chi connectivity index (χ4n) is 1.30. The Labute approximate surface area is 137 Å². The molecule has 0 saturated heterocycles. The fraction of sp³-hybridized carbons (Fsp3) is 1.00. The van der Waals surface area contributed by atoms with Crippen molar-refractivity contribution in [3.8, 4) is 0 Å². The molecule has 136 valence electrons. The second-order valence-corrected chi connectivity index (χ2v) is 7.47. The van der Waals surface area contributed by atoms with Gasteiger partial charge in [0.2, 0.25) is 0 Å². The number of ether oxygens (including phenoxy) is 2. The van der Waals surface area contributed by atoms with E-state index in [1.807, 2.05) is 13.8 Å². The van der Waals surface area contributed by atoms with Crippen molar-refractivity contribution in [1.29, 1.82) is 0 Å². The lowest BCUT2D eigenvalue weighted by atomic mass is 9.94. The van der Waals surface area contributed by atoms with Crippen LogP contribution in [0.5, 0.6) is 0 Å². The first-order valence-corrected chi connectivity index (χ1v) is 8.33. The summed E-state index contributed by atoms with van der Waals surface area (Å²) < 4.78 is 10.9. The Morgan fingerprint density at radius 2 is 1.64 bits per heavy atom. The van der Waals surface area contributed by atoms with E-state index in [1.54, 1.807) is 0 Å². The van der Waals surface area contributed by atoms with Crippen LogP contribution in [0.3, 0.4) is 0 Å². The van der Waals surface area contributed by atoms with Crippen molar-refractivity contribution in [3.05, 3.63) is 0 Å². The molecule has 0 aromatic rings. The third-order valence-corrected chi connectivity index (χ3v) is 3.22. The lowest BCUT2D eigenvalue weighted by Gasteiger charge is -2.30. The van der Waals surface area contributed by atoms with Gasteiger partial charge in [-0.2, -0.15) is 0 Å². The van der Waals surface area contributed by atoms with Gasteiger partial charge in [0.25, 0.3) is 0 Å². The third kappa shape index (κ3) is 17.9. The van der Waals surface area contributed by atoms with Gasteiger partial charge in [0.1, 0.15) is 0 Å². The van der Waals surface area contributed by atoms with Gasteiger partial charge in [0.15, 0.2) is 0 Å².